The molecule has 0 aliphatic rings. The van der Waals surface area contributed by atoms with Crippen LogP contribution in [0.2, 0.25) is 0 Å². The van der Waals surface area contributed by atoms with Gasteiger partial charge in [0, 0.05) is 44.6 Å². The lowest BCUT2D eigenvalue weighted by Gasteiger charge is -2.26. The third kappa shape index (κ3) is 7.02. The summed E-state index contributed by atoms with van der Waals surface area (Å²) in [5.41, 5.74) is 17.9. The van der Waals surface area contributed by atoms with Crippen LogP contribution in [0.3, 0.4) is 0 Å². The topological polar surface area (TPSA) is 21.1 Å². The molecule has 0 unspecified atom stereocenters. The lowest BCUT2D eigenvalue weighted by Crippen LogP contribution is -2.09. The number of benzene rings is 9. The first-order valence-corrected chi connectivity index (χ1v) is 21.1. The van der Waals surface area contributed by atoms with Gasteiger partial charge in [-0.05, 0) is 112 Å². The van der Waals surface area contributed by atoms with Crippen molar-refractivity contribution in [3.63, 3.8) is 0 Å². The number of pyridine rings is 1. The van der Waals surface area contributed by atoms with Gasteiger partial charge in [0.05, 0.1) is 22.4 Å². The molecule has 3 heteroatoms. The average molecular weight is 792 g/mol. The van der Waals surface area contributed by atoms with Gasteiger partial charge >= 0.3 is 0 Å². The fourth-order valence-electron chi connectivity index (χ4n) is 8.71. The zero-order valence-corrected chi connectivity index (χ0v) is 34.0. The van der Waals surface area contributed by atoms with Crippen molar-refractivity contribution in [3.05, 3.63) is 249 Å². The summed E-state index contributed by atoms with van der Waals surface area (Å²) in [7, 11) is 0. The van der Waals surface area contributed by atoms with Crippen LogP contribution in [0, 0.1) is 0 Å². The minimum absolute atomic E-state index is 0.951. The molecule has 2 heterocycles. The highest BCUT2D eigenvalue weighted by Crippen LogP contribution is 2.40. The van der Waals surface area contributed by atoms with Gasteiger partial charge in [-0.15, -0.1) is 0 Å². The molecule has 2 aromatic heterocycles. The molecule has 0 N–H and O–H groups in total. The number of hydrogen-bond acceptors (Lipinski definition) is 2. The van der Waals surface area contributed by atoms with Crippen molar-refractivity contribution in [2.75, 3.05) is 4.90 Å². The second-order valence-corrected chi connectivity index (χ2v) is 15.6. The Morgan fingerprint density at radius 2 is 0.661 bits per heavy atom. The van der Waals surface area contributed by atoms with Crippen molar-refractivity contribution in [1.29, 1.82) is 0 Å². The summed E-state index contributed by atoms with van der Waals surface area (Å²) in [5.74, 6) is 0. The summed E-state index contributed by atoms with van der Waals surface area (Å²) in [5, 5.41) is 2.49. The minimum atomic E-state index is 0.951. The highest BCUT2D eigenvalue weighted by molar-refractivity contribution is 6.10. The van der Waals surface area contributed by atoms with Gasteiger partial charge < -0.3 is 9.47 Å². The van der Waals surface area contributed by atoms with E-state index in [9.17, 15) is 0 Å². The lowest BCUT2D eigenvalue weighted by molar-refractivity contribution is 1.18. The molecule has 0 radical (unpaired) electrons. The molecule has 0 aliphatic carbocycles. The van der Waals surface area contributed by atoms with Gasteiger partial charge in [-0.2, -0.15) is 0 Å². The summed E-state index contributed by atoms with van der Waals surface area (Å²) in [4.78, 5) is 7.46. The van der Waals surface area contributed by atoms with Crippen LogP contribution in [0.4, 0.5) is 17.1 Å². The van der Waals surface area contributed by atoms with E-state index in [0.29, 0.717) is 0 Å². The van der Waals surface area contributed by atoms with Crippen molar-refractivity contribution in [1.82, 2.24) is 9.55 Å². The van der Waals surface area contributed by atoms with Crippen LogP contribution in [0.1, 0.15) is 0 Å². The molecule has 292 valence electrons. The first kappa shape index (κ1) is 36.8. The maximum Gasteiger partial charge on any atom is 0.0715 e. The largest absolute Gasteiger partial charge is 0.311 e. The third-order valence-electron chi connectivity index (χ3n) is 11.8. The molecule has 0 saturated heterocycles. The van der Waals surface area contributed by atoms with E-state index in [4.69, 9.17) is 4.98 Å². The van der Waals surface area contributed by atoms with E-state index in [2.05, 4.69) is 246 Å². The third-order valence-corrected chi connectivity index (χ3v) is 11.8. The molecule has 62 heavy (non-hydrogen) atoms. The van der Waals surface area contributed by atoms with E-state index >= 15 is 0 Å². The number of anilines is 3. The molecule has 9 aromatic carbocycles. The Balaban J connectivity index is 0.975. The van der Waals surface area contributed by atoms with Gasteiger partial charge in [-0.1, -0.05) is 170 Å². The predicted molar refractivity (Wildman–Crippen MR) is 260 cm³/mol. The molecule has 0 spiro atoms. The van der Waals surface area contributed by atoms with E-state index in [1.54, 1.807) is 0 Å². The summed E-state index contributed by atoms with van der Waals surface area (Å²) in [6.45, 7) is 0. The van der Waals surface area contributed by atoms with Crippen molar-refractivity contribution in [2.45, 2.75) is 0 Å². The van der Waals surface area contributed by atoms with Crippen molar-refractivity contribution < 1.29 is 0 Å². The average Bonchev–Trinajstić information content (AvgIpc) is 3.69. The Morgan fingerprint density at radius 3 is 1.19 bits per heavy atom. The SMILES string of the molecule is c1ccc(-c2ccc(N(c3ccc(-c4cc(-c5ccccc5)nc(-c5ccccc5)c4)cc3)c3ccc(-c4ccc5c(c4)c4ccccc4n5-c4ccccc4)cc3)cc2)cc1. The molecular formula is C59H41N3. The summed E-state index contributed by atoms with van der Waals surface area (Å²) in [6, 6.07) is 88.8. The maximum atomic E-state index is 5.11. The fourth-order valence-corrected chi connectivity index (χ4v) is 8.71. The molecule has 0 aliphatic heterocycles. The number of rotatable bonds is 9. The maximum absolute atomic E-state index is 5.11. The van der Waals surface area contributed by atoms with Gasteiger partial charge in [-0.25, -0.2) is 4.98 Å². The normalized spacial score (nSPS) is 11.2. The van der Waals surface area contributed by atoms with Crippen molar-refractivity contribution in [3.8, 4) is 61.6 Å². The van der Waals surface area contributed by atoms with Gasteiger partial charge in [0.25, 0.3) is 0 Å². The predicted octanol–water partition coefficient (Wildman–Crippen LogP) is 16.0. The lowest BCUT2D eigenvalue weighted by atomic mass is 9.99. The second-order valence-electron chi connectivity index (χ2n) is 15.6. The van der Waals surface area contributed by atoms with Crippen LogP contribution < -0.4 is 4.90 Å². The summed E-state index contributed by atoms with van der Waals surface area (Å²) >= 11 is 0. The second kappa shape index (κ2) is 16.1. The van der Waals surface area contributed by atoms with Gasteiger partial charge in [-0.3, -0.25) is 0 Å². The molecule has 11 rings (SSSR count). The molecule has 0 saturated carbocycles. The van der Waals surface area contributed by atoms with Crippen LogP contribution in [-0.4, -0.2) is 9.55 Å². The minimum Gasteiger partial charge on any atom is -0.311 e. The van der Waals surface area contributed by atoms with Crippen LogP contribution in [-0.2, 0) is 0 Å². The smallest absolute Gasteiger partial charge is 0.0715 e. The first-order chi connectivity index (χ1) is 30.7. The molecule has 0 bridgehead atoms. The first-order valence-electron chi connectivity index (χ1n) is 21.1. The number of fused-ring (bicyclic) bond motifs is 3. The molecule has 0 amide bonds. The Bertz CT molecular complexity index is 3230. The van der Waals surface area contributed by atoms with Crippen LogP contribution in [0.15, 0.2) is 249 Å². The number of para-hydroxylation sites is 2. The Labute approximate surface area is 362 Å². The molecular weight excluding hydrogens is 751 g/mol. The monoisotopic (exact) mass is 791 g/mol. The standard InChI is InChI=1S/C59H41N3/c1-5-15-42(16-6-1)43-25-32-51(33-26-43)61(53-36-29-45(30-37-53)49-40-56(46-17-7-2-8-18-46)60-57(41-49)47-19-9-3-10-20-47)52-34-27-44(28-35-52)48-31-38-59-55(39-48)54-23-13-14-24-58(54)62(59)50-21-11-4-12-22-50/h1-41H. The number of hydrogen-bond donors (Lipinski definition) is 0. The highest BCUT2D eigenvalue weighted by atomic mass is 15.1. The van der Waals surface area contributed by atoms with Crippen LogP contribution in [0.5, 0.6) is 0 Å². The molecule has 0 atom stereocenters. The Kier molecular flexibility index (Phi) is 9.53. The van der Waals surface area contributed by atoms with Crippen molar-refractivity contribution in [2.24, 2.45) is 0 Å². The van der Waals surface area contributed by atoms with Crippen LogP contribution in [0.25, 0.3) is 83.4 Å². The number of aromatic nitrogens is 2. The van der Waals surface area contributed by atoms with E-state index in [1.165, 1.54) is 44.1 Å². The molecule has 3 nitrogen and oxygen atoms in total. The molecule has 11 aromatic rings. The highest BCUT2D eigenvalue weighted by Gasteiger charge is 2.17. The van der Waals surface area contributed by atoms with Gasteiger partial charge in [0.15, 0.2) is 0 Å². The quantitative estimate of drug-likeness (QED) is 0.145. The van der Waals surface area contributed by atoms with Crippen molar-refractivity contribution >= 4 is 38.9 Å². The number of nitrogens with zero attached hydrogens (tertiary/aromatic N) is 3. The summed E-state index contributed by atoms with van der Waals surface area (Å²) in [6.07, 6.45) is 0. The van der Waals surface area contributed by atoms with Gasteiger partial charge in [0.1, 0.15) is 0 Å². The van der Waals surface area contributed by atoms with E-state index in [1.807, 2.05) is 12.1 Å². The zero-order valence-electron chi connectivity index (χ0n) is 34.0. The Morgan fingerprint density at radius 1 is 0.274 bits per heavy atom. The fraction of sp³-hybridized carbons (Fsp3) is 0. The summed E-state index contributed by atoms with van der Waals surface area (Å²) < 4.78 is 2.36. The Hall–Kier alpha value is -8.27. The van der Waals surface area contributed by atoms with Crippen LogP contribution >= 0.6 is 0 Å². The van der Waals surface area contributed by atoms with E-state index in [-0.39, 0.29) is 0 Å². The van der Waals surface area contributed by atoms with Gasteiger partial charge in [0.2, 0.25) is 0 Å². The molecule has 0 fully saturated rings. The van der Waals surface area contributed by atoms with E-state index < -0.39 is 0 Å². The zero-order chi connectivity index (χ0) is 41.2. The van der Waals surface area contributed by atoms with E-state index in [0.717, 1.165) is 56.4 Å².